The van der Waals surface area contributed by atoms with Crippen LogP contribution < -0.4 is 10.6 Å². The summed E-state index contributed by atoms with van der Waals surface area (Å²) in [7, 11) is 4.00. The summed E-state index contributed by atoms with van der Waals surface area (Å²) in [5.41, 5.74) is 0.692. The number of hydrogen-bond donors (Lipinski definition) is 2. The zero-order valence-corrected chi connectivity index (χ0v) is 18.3. The molecule has 176 valence electrons. The number of nitrogens with zero attached hydrogens (tertiary/aromatic N) is 4. The molecule has 8 nitrogen and oxygen atoms in total. The minimum atomic E-state index is -4.39. The lowest BCUT2D eigenvalue weighted by Crippen LogP contribution is -2.15. The summed E-state index contributed by atoms with van der Waals surface area (Å²) in [6.45, 7) is 1.80. The van der Waals surface area contributed by atoms with Crippen LogP contribution in [0.4, 0.5) is 30.5 Å². The van der Waals surface area contributed by atoms with Crippen molar-refractivity contribution in [1.29, 1.82) is 0 Å². The number of alkyl halides is 3. The molecular formula is C22H25F3N6O2. The van der Waals surface area contributed by atoms with Gasteiger partial charge in [0.1, 0.15) is 0 Å². The van der Waals surface area contributed by atoms with E-state index in [1.807, 2.05) is 14.1 Å². The van der Waals surface area contributed by atoms with E-state index in [1.54, 1.807) is 0 Å². The Kier molecular flexibility index (Phi) is 7.64. The van der Waals surface area contributed by atoms with Crippen LogP contribution >= 0.6 is 0 Å². The fraction of sp³-hybridized carbons (Fsp3) is 0.364. The van der Waals surface area contributed by atoms with Gasteiger partial charge in [0.05, 0.1) is 21.5 Å². The van der Waals surface area contributed by atoms with Crippen LogP contribution in [0.1, 0.15) is 24.0 Å². The highest BCUT2D eigenvalue weighted by molar-refractivity contribution is 5.82. The normalized spacial score (nSPS) is 11.7. The Hall–Kier alpha value is -3.47. The van der Waals surface area contributed by atoms with Crippen LogP contribution in [-0.2, 0) is 12.7 Å². The monoisotopic (exact) mass is 462 g/mol. The number of halogens is 3. The maximum absolute atomic E-state index is 12.8. The van der Waals surface area contributed by atoms with Crippen molar-refractivity contribution in [2.45, 2.75) is 25.6 Å². The van der Waals surface area contributed by atoms with Gasteiger partial charge in [0.2, 0.25) is 0 Å². The second-order valence-electron chi connectivity index (χ2n) is 7.84. The molecule has 0 atom stereocenters. The largest absolute Gasteiger partial charge is 0.416 e. The van der Waals surface area contributed by atoms with Crippen molar-refractivity contribution in [2.24, 2.45) is 0 Å². The molecule has 2 N–H and O–H groups in total. The molecule has 3 aromatic rings. The first-order chi connectivity index (χ1) is 15.6. The number of nitro benzene ring substituents is 1. The predicted octanol–water partition coefficient (Wildman–Crippen LogP) is 4.92. The van der Waals surface area contributed by atoms with Gasteiger partial charge in [0.15, 0.2) is 11.6 Å². The SMILES string of the molecule is CN(C)CCCCNc1nc2cc([N+](=O)[O-])ccc2nc1NCc1ccc(C(F)(F)F)cc1. The maximum Gasteiger partial charge on any atom is 0.416 e. The number of non-ortho nitro benzene ring substituents is 1. The van der Waals surface area contributed by atoms with Crippen LogP contribution in [0.15, 0.2) is 42.5 Å². The van der Waals surface area contributed by atoms with E-state index in [0.29, 0.717) is 34.8 Å². The number of fused-ring (bicyclic) bond motifs is 1. The van der Waals surface area contributed by atoms with Gasteiger partial charge in [-0.1, -0.05) is 12.1 Å². The van der Waals surface area contributed by atoms with Gasteiger partial charge in [-0.3, -0.25) is 10.1 Å². The Morgan fingerprint density at radius 2 is 1.64 bits per heavy atom. The average molecular weight is 462 g/mol. The van der Waals surface area contributed by atoms with E-state index in [0.717, 1.165) is 31.5 Å². The van der Waals surface area contributed by atoms with Gasteiger partial charge in [0.25, 0.3) is 5.69 Å². The standard InChI is InChI=1S/C22H25F3N6O2/c1-30(2)12-4-3-11-26-20-21(27-14-15-5-7-16(8-6-15)22(23,24)25)28-18-10-9-17(31(32)33)13-19(18)29-20/h5-10,13H,3-4,11-12,14H2,1-2H3,(H,26,29)(H,27,28). The summed E-state index contributed by atoms with van der Waals surface area (Å²) in [6, 6.07) is 9.11. The molecule has 33 heavy (non-hydrogen) atoms. The summed E-state index contributed by atoms with van der Waals surface area (Å²) in [5, 5.41) is 17.4. The average Bonchev–Trinajstić information content (AvgIpc) is 2.76. The highest BCUT2D eigenvalue weighted by Crippen LogP contribution is 2.29. The molecule has 3 rings (SSSR count). The molecule has 2 aromatic carbocycles. The Labute approximate surface area is 189 Å². The molecule has 0 aliphatic heterocycles. The van der Waals surface area contributed by atoms with Crippen molar-refractivity contribution in [2.75, 3.05) is 37.8 Å². The lowest BCUT2D eigenvalue weighted by atomic mass is 10.1. The number of hydrogen-bond acceptors (Lipinski definition) is 7. The fourth-order valence-electron chi connectivity index (χ4n) is 3.16. The highest BCUT2D eigenvalue weighted by atomic mass is 19.4. The predicted molar refractivity (Wildman–Crippen MR) is 121 cm³/mol. The summed E-state index contributed by atoms with van der Waals surface area (Å²) in [4.78, 5) is 21.7. The first-order valence-electron chi connectivity index (χ1n) is 10.4. The molecule has 0 saturated heterocycles. The van der Waals surface area contributed by atoms with Gasteiger partial charge in [0, 0.05) is 25.2 Å². The molecule has 0 unspecified atom stereocenters. The zero-order valence-electron chi connectivity index (χ0n) is 18.3. The molecular weight excluding hydrogens is 437 g/mol. The van der Waals surface area contributed by atoms with Crippen LogP contribution in [0, 0.1) is 10.1 Å². The first kappa shape index (κ1) is 24.2. The summed E-state index contributed by atoms with van der Waals surface area (Å²) in [5.74, 6) is 0.851. The molecule has 0 radical (unpaired) electrons. The van der Waals surface area contributed by atoms with Gasteiger partial charge in [-0.15, -0.1) is 0 Å². The molecule has 0 aliphatic carbocycles. The smallest absolute Gasteiger partial charge is 0.367 e. The van der Waals surface area contributed by atoms with Crippen molar-refractivity contribution >= 4 is 28.4 Å². The number of aromatic nitrogens is 2. The van der Waals surface area contributed by atoms with E-state index < -0.39 is 16.7 Å². The van der Waals surface area contributed by atoms with E-state index in [9.17, 15) is 23.3 Å². The van der Waals surface area contributed by atoms with Crippen LogP contribution in [0.2, 0.25) is 0 Å². The molecule has 1 heterocycles. The number of rotatable bonds is 10. The van der Waals surface area contributed by atoms with Crippen molar-refractivity contribution in [3.63, 3.8) is 0 Å². The number of nitro groups is 1. The van der Waals surface area contributed by atoms with Crippen LogP contribution in [-0.4, -0.2) is 47.0 Å². The third-order valence-corrected chi connectivity index (χ3v) is 4.92. The Morgan fingerprint density at radius 3 is 2.27 bits per heavy atom. The second kappa shape index (κ2) is 10.4. The molecule has 0 fully saturated rings. The Morgan fingerprint density at radius 1 is 0.970 bits per heavy atom. The molecule has 0 bridgehead atoms. The number of unbranched alkanes of at least 4 members (excludes halogenated alkanes) is 1. The van der Waals surface area contributed by atoms with Crippen LogP contribution in [0.3, 0.4) is 0 Å². The van der Waals surface area contributed by atoms with Crippen molar-refractivity contribution in [3.05, 3.63) is 63.7 Å². The second-order valence-corrected chi connectivity index (χ2v) is 7.84. The minimum Gasteiger partial charge on any atom is -0.367 e. The van der Waals surface area contributed by atoms with Crippen molar-refractivity contribution < 1.29 is 18.1 Å². The lowest BCUT2D eigenvalue weighted by Gasteiger charge is -2.14. The highest BCUT2D eigenvalue weighted by Gasteiger charge is 2.29. The summed E-state index contributed by atoms with van der Waals surface area (Å²) in [6.07, 6.45) is -2.53. The first-order valence-corrected chi connectivity index (χ1v) is 10.4. The van der Waals surface area contributed by atoms with E-state index in [-0.39, 0.29) is 12.2 Å². The number of nitrogens with one attached hydrogen (secondary N) is 2. The third kappa shape index (κ3) is 6.75. The summed E-state index contributed by atoms with van der Waals surface area (Å²) < 4.78 is 38.3. The van der Waals surface area contributed by atoms with Crippen LogP contribution in [0.25, 0.3) is 11.0 Å². The van der Waals surface area contributed by atoms with Crippen molar-refractivity contribution in [1.82, 2.24) is 14.9 Å². The van der Waals surface area contributed by atoms with Gasteiger partial charge in [-0.05, 0) is 57.2 Å². The molecule has 11 heteroatoms. The Bertz CT molecular complexity index is 1100. The topological polar surface area (TPSA) is 96.2 Å². The van der Waals surface area contributed by atoms with Gasteiger partial charge in [-0.2, -0.15) is 13.2 Å². The van der Waals surface area contributed by atoms with Gasteiger partial charge >= 0.3 is 6.18 Å². The molecule has 0 aliphatic rings. The lowest BCUT2D eigenvalue weighted by molar-refractivity contribution is -0.384. The number of benzene rings is 2. The zero-order chi connectivity index (χ0) is 24.0. The van der Waals surface area contributed by atoms with Gasteiger partial charge in [-0.25, -0.2) is 9.97 Å². The minimum absolute atomic E-state index is 0.0841. The van der Waals surface area contributed by atoms with E-state index in [4.69, 9.17) is 0 Å². The molecule has 1 aromatic heterocycles. The van der Waals surface area contributed by atoms with E-state index in [1.165, 1.54) is 30.3 Å². The fourth-order valence-corrected chi connectivity index (χ4v) is 3.16. The van der Waals surface area contributed by atoms with Crippen molar-refractivity contribution in [3.8, 4) is 0 Å². The third-order valence-electron chi connectivity index (χ3n) is 4.92. The van der Waals surface area contributed by atoms with E-state index in [2.05, 4.69) is 25.5 Å². The molecule has 0 saturated carbocycles. The Balaban J connectivity index is 1.79. The molecule has 0 spiro atoms. The molecule has 0 amide bonds. The van der Waals surface area contributed by atoms with Crippen LogP contribution in [0.5, 0.6) is 0 Å². The van der Waals surface area contributed by atoms with E-state index >= 15 is 0 Å². The summed E-state index contributed by atoms with van der Waals surface area (Å²) >= 11 is 0. The maximum atomic E-state index is 12.8. The number of anilines is 2. The quantitative estimate of drug-likeness (QED) is 0.251. The van der Waals surface area contributed by atoms with Gasteiger partial charge < -0.3 is 15.5 Å².